The van der Waals surface area contributed by atoms with Crippen molar-refractivity contribution in [3.05, 3.63) is 81.2 Å². The van der Waals surface area contributed by atoms with Crippen LogP contribution in [0.1, 0.15) is 77.3 Å². The molecular formula is C32H34F2N4O5. The van der Waals surface area contributed by atoms with E-state index in [9.17, 15) is 19.1 Å². The molecule has 0 fully saturated rings. The van der Waals surface area contributed by atoms with Gasteiger partial charge in [0.25, 0.3) is 5.91 Å². The summed E-state index contributed by atoms with van der Waals surface area (Å²) in [4.78, 5) is 30.5. The van der Waals surface area contributed by atoms with Gasteiger partial charge < -0.3 is 19.9 Å². The number of carbonyl (C=O) groups excluding carboxylic acids is 1. The Morgan fingerprint density at radius 3 is 2.56 bits per heavy atom. The lowest BCUT2D eigenvalue weighted by atomic mass is 9.91. The number of benzene rings is 2. The first-order chi connectivity index (χ1) is 20.2. The number of carbonyl (C=O) groups is 2. The zero-order chi connectivity index (χ0) is 31.2. The summed E-state index contributed by atoms with van der Waals surface area (Å²) in [6.07, 6.45) is -0.172. The Morgan fingerprint density at radius 1 is 1.14 bits per heavy atom. The molecule has 43 heavy (non-hydrogen) atoms. The number of hydrogen-bond acceptors (Lipinski definition) is 6. The zero-order valence-corrected chi connectivity index (χ0v) is 25.0. The molecular weight excluding hydrogens is 558 g/mol. The van der Waals surface area contributed by atoms with Crippen molar-refractivity contribution < 1.29 is 33.0 Å². The standard InChI is InChI=1S/C32H34F2N4O5/c1-16-12-19(9-10-22(16)33)15-35-30(39)24-14-25-36-18(3)26(29(31(40)41)43-32(4,5)6)27(38(25)37-24)21-13-23(34)28-20(17(21)2)8-7-11-42-28/h9-10,12-14,29H,7-8,11,15H2,1-6H3,(H,35,39)(H,40,41)/t29-/m0/s1. The van der Waals surface area contributed by atoms with Crippen molar-refractivity contribution >= 4 is 17.5 Å². The third-order valence-electron chi connectivity index (χ3n) is 7.39. The topological polar surface area (TPSA) is 115 Å². The molecule has 9 nitrogen and oxygen atoms in total. The third-order valence-corrected chi connectivity index (χ3v) is 7.39. The molecule has 2 N–H and O–H groups in total. The maximum Gasteiger partial charge on any atom is 0.337 e. The van der Waals surface area contributed by atoms with E-state index in [4.69, 9.17) is 9.47 Å². The van der Waals surface area contributed by atoms with Gasteiger partial charge in [0.1, 0.15) is 5.82 Å². The van der Waals surface area contributed by atoms with Crippen LogP contribution in [-0.2, 0) is 22.5 Å². The van der Waals surface area contributed by atoms with Gasteiger partial charge in [0.2, 0.25) is 0 Å². The molecule has 1 atom stereocenters. The number of aryl methyl sites for hydroxylation is 2. The summed E-state index contributed by atoms with van der Waals surface area (Å²) in [5.74, 6) is -2.49. The van der Waals surface area contributed by atoms with Crippen molar-refractivity contribution in [3.63, 3.8) is 0 Å². The third kappa shape index (κ3) is 5.94. The molecule has 0 radical (unpaired) electrons. The van der Waals surface area contributed by atoms with E-state index < -0.39 is 29.4 Å². The Hall–Kier alpha value is -4.38. The minimum atomic E-state index is -1.47. The fourth-order valence-corrected chi connectivity index (χ4v) is 5.40. The number of carboxylic acid groups (broad SMARTS) is 1. The van der Waals surface area contributed by atoms with Gasteiger partial charge in [0.15, 0.2) is 29.0 Å². The van der Waals surface area contributed by atoms with Crippen LogP contribution in [0.5, 0.6) is 5.75 Å². The highest BCUT2D eigenvalue weighted by atomic mass is 19.1. The van der Waals surface area contributed by atoms with E-state index in [2.05, 4.69) is 15.4 Å². The van der Waals surface area contributed by atoms with Crippen LogP contribution in [0.4, 0.5) is 8.78 Å². The molecule has 0 spiro atoms. The lowest BCUT2D eigenvalue weighted by Crippen LogP contribution is -2.29. The number of hydrogen-bond donors (Lipinski definition) is 2. The number of nitrogens with one attached hydrogen (secondary N) is 1. The molecule has 11 heteroatoms. The smallest absolute Gasteiger partial charge is 0.337 e. The van der Waals surface area contributed by atoms with E-state index in [1.807, 2.05) is 6.92 Å². The molecule has 4 aromatic rings. The molecule has 226 valence electrons. The van der Waals surface area contributed by atoms with Crippen molar-refractivity contribution in [2.45, 2.75) is 72.6 Å². The van der Waals surface area contributed by atoms with Gasteiger partial charge in [0.05, 0.1) is 17.9 Å². The molecule has 0 aliphatic carbocycles. The normalized spacial score (nSPS) is 13.9. The van der Waals surface area contributed by atoms with Crippen LogP contribution in [0.25, 0.3) is 16.9 Å². The SMILES string of the molecule is Cc1cc(CNC(=O)c2cc3nc(C)c([C@H](OC(C)(C)C)C(=O)O)c(-c4cc(F)c5c(c4C)CCCO5)n3n2)ccc1F. The number of aromatic nitrogens is 3. The quantitative estimate of drug-likeness (QED) is 0.279. The van der Waals surface area contributed by atoms with Crippen molar-refractivity contribution in [2.75, 3.05) is 6.61 Å². The molecule has 0 saturated carbocycles. The fraction of sp³-hybridized carbons (Fsp3) is 0.375. The van der Waals surface area contributed by atoms with Gasteiger partial charge in [-0.25, -0.2) is 23.1 Å². The Bertz CT molecular complexity index is 1760. The number of halogens is 2. The van der Waals surface area contributed by atoms with Crippen LogP contribution in [0.2, 0.25) is 0 Å². The largest absolute Gasteiger partial charge is 0.490 e. The first kappa shape index (κ1) is 30.1. The maximum atomic E-state index is 15.5. The number of aliphatic carboxylic acids is 1. The maximum absolute atomic E-state index is 15.5. The number of rotatable bonds is 7. The molecule has 1 aliphatic rings. The summed E-state index contributed by atoms with van der Waals surface area (Å²) in [6, 6.07) is 7.36. The van der Waals surface area contributed by atoms with Gasteiger partial charge in [-0.2, -0.15) is 5.10 Å². The molecule has 0 unspecified atom stereocenters. The van der Waals surface area contributed by atoms with E-state index in [0.717, 1.165) is 0 Å². The first-order valence-corrected chi connectivity index (χ1v) is 14.0. The summed E-state index contributed by atoms with van der Waals surface area (Å²) in [5, 5.41) is 17.6. The predicted molar refractivity (Wildman–Crippen MR) is 155 cm³/mol. The Kier molecular flexibility index (Phi) is 7.95. The number of carboxylic acids is 1. The van der Waals surface area contributed by atoms with E-state index in [1.54, 1.807) is 46.8 Å². The molecule has 1 amide bonds. The predicted octanol–water partition coefficient (Wildman–Crippen LogP) is 5.80. The Balaban J connectivity index is 1.69. The van der Waals surface area contributed by atoms with Gasteiger partial charge in [-0.1, -0.05) is 12.1 Å². The van der Waals surface area contributed by atoms with Crippen LogP contribution in [0.3, 0.4) is 0 Å². The first-order valence-electron chi connectivity index (χ1n) is 14.0. The Morgan fingerprint density at radius 2 is 1.88 bits per heavy atom. The molecule has 0 bridgehead atoms. The number of nitrogens with zero attached hydrogens (tertiary/aromatic N) is 3. The second kappa shape index (κ2) is 11.4. The number of fused-ring (bicyclic) bond motifs is 2. The molecule has 2 aromatic carbocycles. The van der Waals surface area contributed by atoms with E-state index in [-0.39, 0.29) is 40.7 Å². The van der Waals surface area contributed by atoms with Gasteiger partial charge >= 0.3 is 5.97 Å². The van der Waals surface area contributed by atoms with Crippen molar-refractivity contribution in [3.8, 4) is 17.0 Å². The highest BCUT2D eigenvalue weighted by molar-refractivity contribution is 5.93. The van der Waals surface area contributed by atoms with Crippen molar-refractivity contribution in [1.82, 2.24) is 19.9 Å². The van der Waals surface area contributed by atoms with Crippen LogP contribution in [0.15, 0.2) is 30.3 Å². The molecule has 5 rings (SSSR count). The monoisotopic (exact) mass is 592 g/mol. The lowest BCUT2D eigenvalue weighted by Gasteiger charge is -2.28. The summed E-state index contributed by atoms with van der Waals surface area (Å²) >= 11 is 0. The highest BCUT2D eigenvalue weighted by Crippen LogP contribution is 2.41. The van der Waals surface area contributed by atoms with Crippen LogP contribution in [-0.4, -0.2) is 43.8 Å². The van der Waals surface area contributed by atoms with Crippen molar-refractivity contribution in [1.29, 1.82) is 0 Å². The summed E-state index contributed by atoms with van der Waals surface area (Å²) in [5.41, 5.74) is 3.20. The number of ether oxygens (including phenoxy) is 2. The van der Waals surface area contributed by atoms with E-state index in [1.165, 1.54) is 22.7 Å². The number of amides is 1. The van der Waals surface area contributed by atoms with Crippen LogP contribution < -0.4 is 10.1 Å². The van der Waals surface area contributed by atoms with Crippen LogP contribution >= 0.6 is 0 Å². The fourth-order valence-electron chi connectivity index (χ4n) is 5.40. The van der Waals surface area contributed by atoms with Crippen molar-refractivity contribution in [2.24, 2.45) is 0 Å². The average Bonchev–Trinajstić information content (AvgIpc) is 3.37. The molecule has 2 aromatic heterocycles. The molecule has 0 saturated heterocycles. The average molecular weight is 593 g/mol. The van der Waals surface area contributed by atoms with E-state index in [0.29, 0.717) is 53.0 Å². The molecule has 1 aliphatic heterocycles. The summed E-state index contributed by atoms with van der Waals surface area (Å²) in [7, 11) is 0. The molecule has 3 heterocycles. The van der Waals surface area contributed by atoms with Gasteiger partial charge in [-0.05, 0) is 83.2 Å². The van der Waals surface area contributed by atoms with Gasteiger partial charge in [-0.15, -0.1) is 0 Å². The van der Waals surface area contributed by atoms with E-state index >= 15 is 4.39 Å². The lowest BCUT2D eigenvalue weighted by molar-refractivity contribution is -0.160. The summed E-state index contributed by atoms with van der Waals surface area (Å²) < 4.78 is 42.2. The summed E-state index contributed by atoms with van der Waals surface area (Å²) in [6.45, 7) is 10.9. The minimum Gasteiger partial charge on any atom is -0.490 e. The minimum absolute atomic E-state index is 0.0205. The zero-order valence-electron chi connectivity index (χ0n) is 25.0. The Labute approximate surface area is 247 Å². The van der Waals surface area contributed by atoms with Crippen LogP contribution in [0, 0.1) is 32.4 Å². The second-order valence-corrected chi connectivity index (χ2v) is 11.8. The highest BCUT2D eigenvalue weighted by Gasteiger charge is 2.35. The van der Waals surface area contributed by atoms with Gasteiger partial charge in [0, 0.05) is 35.0 Å². The second-order valence-electron chi connectivity index (χ2n) is 11.8. The van der Waals surface area contributed by atoms with Gasteiger partial charge in [-0.3, -0.25) is 4.79 Å².